The van der Waals surface area contributed by atoms with Crippen molar-refractivity contribution in [1.82, 2.24) is 0 Å². The molecule has 1 aromatic heterocycles. The van der Waals surface area contributed by atoms with Crippen LogP contribution in [0.15, 0.2) is 77.2 Å². The second-order valence-electron chi connectivity index (χ2n) is 4.65. The van der Waals surface area contributed by atoms with E-state index in [1.165, 1.54) is 17.6 Å². The molecule has 0 aliphatic carbocycles. The van der Waals surface area contributed by atoms with E-state index >= 15 is 0 Å². The Hall–Kier alpha value is -2.72. The largest absolute Gasteiger partial charge is 0.307 e. The molecule has 0 bridgehead atoms. The average molecular weight is 305 g/mol. The van der Waals surface area contributed by atoms with E-state index in [0.717, 1.165) is 27.4 Å². The highest BCUT2D eigenvalue weighted by Crippen LogP contribution is 2.20. The highest BCUT2D eigenvalue weighted by molar-refractivity contribution is 7.12. The van der Waals surface area contributed by atoms with Gasteiger partial charge in [0.25, 0.3) is 0 Å². The number of thiophene rings is 1. The molecule has 108 valence electrons. The number of benzene rings is 2. The zero-order chi connectivity index (χ0) is 15.2. The van der Waals surface area contributed by atoms with Gasteiger partial charge in [-0.3, -0.25) is 5.43 Å². The van der Waals surface area contributed by atoms with Crippen molar-refractivity contribution < 1.29 is 0 Å². The van der Waals surface area contributed by atoms with E-state index < -0.39 is 0 Å². The van der Waals surface area contributed by atoms with Crippen molar-refractivity contribution in [2.45, 2.75) is 0 Å². The van der Waals surface area contributed by atoms with E-state index in [1.807, 2.05) is 72.1 Å². The third kappa shape index (κ3) is 3.13. The molecule has 0 saturated heterocycles. The molecule has 0 saturated carbocycles. The van der Waals surface area contributed by atoms with Crippen LogP contribution in [0.4, 0.5) is 5.69 Å². The third-order valence-electron chi connectivity index (χ3n) is 3.21. The van der Waals surface area contributed by atoms with E-state index in [9.17, 15) is 0 Å². The monoisotopic (exact) mass is 305 g/mol. The highest BCUT2D eigenvalue weighted by Gasteiger charge is 2.07. The predicted octanol–water partition coefficient (Wildman–Crippen LogP) is 4.61. The van der Waals surface area contributed by atoms with Gasteiger partial charge in [0.05, 0.1) is 16.3 Å². The first-order chi connectivity index (χ1) is 10.9. The fraction of sp³-hybridized carbons (Fsp3) is 0. The number of hydrogen-bond acceptors (Lipinski definition) is 4. The van der Waals surface area contributed by atoms with Gasteiger partial charge in [-0.1, -0.05) is 60.7 Å². The molecular formula is C18H15N3S. The SMILES string of the molecule is N=Cc1sccc1NN=C(c1ccccc1)c1ccccc1. The van der Waals surface area contributed by atoms with Crippen molar-refractivity contribution in [1.29, 1.82) is 5.41 Å². The Morgan fingerprint density at radius 2 is 1.50 bits per heavy atom. The van der Waals surface area contributed by atoms with Gasteiger partial charge < -0.3 is 5.41 Å². The summed E-state index contributed by atoms with van der Waals surface area (Å²) in [6.45, 7) is 0. The molecular weight excluding hydrogens is 290 g/mol. The summed E-state index contributed by atoms with van der Waals surface area (Å²) < 4.78 is 0. The molecule has 3 nitrogen and oxygen atoms in total. The molecule has 4 heteroatoms. The Bertz CT molecular complexity index is 735. The molecule has 0 fully saturated rings. The minimum atomic E-state index is 0.851. The maximum Gasteiger partial charge on any atom is 0.0977 e. The quantitative estimate of drug-likeness (QED) is 0.525. The van der Waals surface area contributed by atoms with E-state index in [2.05, 4.69) is 10.5 Å². The lowest BCUT2D eigenvalue weighted by atomic mass is 10.0. The zero-order valence-electron chi connectivity index (χ0n) is 11.9. The molecule has 0 aliphatic heterocycles. The van der Waals surface area contributed by atoms with Gasteiger partial charge in [0, 0.05) is 17.3 Å². The van der Waals surface area contributed by atoms with Gasteiger partial charge in [0.1, 0.15) is 0 Å². The van der Waals surface area contributed by atoms with E-state index in [1.54, 1.807) is 0 Å². The summed E-state index contributed by atoms with van der Waals surface area (Å²) >= 11 is 1.52. The summed E-state index contributed by atoms with van der Waals surface area (Å²) in [7, 11) is 0. The summed E-state index contributed by atoms with van der Waals surface area (Å²) in [6, 6.07) is 22.1. The Balaban J connectivity index is 1.99. The van der Waals surface area contributed by atoms with Gasteiger partial charge in [0.2, 0.25) is 0 Å². The van der Waals surface area contributed by atoms with Gasteiger partial charge in [-0.15, -0.1) is 11.3 Å². The molecule has 0 spiro atoms. The highest BCUT2D eigenvalue weighted by atomic mass is 32.1. The molecule has 3 aromatic rings. The minimum absolute atomic E-state index is 0.851. The van der Waals surface area contributed by atoms with Crippen molar-refractivity contribution in [3.05, 3.63) is 88.1 Å². The van der Waals surface area contributed by atoms with E-state index in [0.29, 0.717) is 0 Å². The van der Waals surface area contributed by atoms with Gasteiger partial charge in [0.15, 0.2) is 0 Å². The van der Waals surface area contributed by atoms with Crippen LogP contribution in [0.25, 0.3) is 0 Å². The van der Waals surface area contributed by atoms with Crippen molar-refractivity contribution in [3.8, 4) is 0 Å². The Kier molecular flexibility index (Phi) is 4.41. The number of hydrogen-bond donors (Lipinski definition) is 2. The maximum absolute atomic E-state index is 7.41. The molecule has 22 heavy (non-hydrogen) atoms. The number of hydrazone groups is 1. The fourth-order valence-corrected chi connectivity index (χ4v) is 2.79. The lowest BCUT2D eigenvalue weighted by molar-refractivity contribution is 1.33. The standard InChI is InChI=1S/C18H15N3S/c19-13-17-16(11-12-22-17)20-21-18(14-7-3-1-4-8-14)15-9-5-2-6-10-15/h1-13,19-20H. The summed E-state index contributed by atoms with van der Waals surface area (Å²) in [5.74, 6) is 0. The summed E-state index contributed by atoms with van der Waals surface area (Å²) in [5.41, 5.74) is 6.92. The van der Waals surface area contributed by atoms with Crippen LogP contribution in [0.1, 0.15) is 16.0 Å². The lowest BCUT2D eigenvalue weighted by Gasteiger charge is -2.08. The Morgan fingerprint density at radius 1 is 0.909 bits per heavy atom. The van der Waals surface area contributed by atoms with Crippen LogP contribution < -0.4 is 5.43 Å². The van der Waals surface area contributed by atoms with Crippen molar-refractivity contribution in [2.24, 2.45) is 5.10 Å². The predicted molar refractivity (Wildman–Crippen MR) is 94.4 cm³/mol. The molecule has 2 N–H and O–H groups in total. The smallest absolute Gasteiger partial charge is 0.0977 e. The first kappa shape index (κ1) is 14.2. The van der Waals surface area contributed by atoms with Gasteiger partial charge in [-0.25, -0.2) is 0 Å². The second kappa shape index (κ2) is 6.83. The van der Waals surface area contributed by atoms with Crippen LogP contribution in [0.2, 0.25) is 0 Å². The second-order valence-corrected chi connectivity index (χ2v) is 5.59. The topological polar surface area (TPSA) is 48.2 Å². The minimum Gasteiger partial charge on any atom is -0.307 e. The fourth-order valence-electron chi connectivity index (χ4n) is 2.13. The molecule has 0 aliphatic rings. The summed E-state index contributed by atoms with van der Waals surface area (Å²) in [5, 5.41) is 13.9. The van der Waals surface area contributed by atoms with Crippen molar-refractivity contribution in [3.63, 3.8) is 0 Å². The van der Waals surface area contributed by atoms with Crippen LogP contribution in [0, 0.1) is 5.41 Å². The molecule has 1 heterocycles. The van der Waals surface area contributed by atoms with Gasteiger partial charge >= 0.3 is 0 Å². The Morgan fingerprint density at radius 3 is 2.05 bits per heavy atom. The lowest BCUT2D eigenvalue weighted by Crippen LogP contribution is -2.06. The van der Waals surface area contributed by atoms with Crippen LogP contribution in [0.5, 0.6) is 0 Å². The molecule has 0 unspecified atom stereocenters. The number of nitrogens with zero attached hydrogens (tertiary/aromatic N) is 1. The molecule has 0 radical (unpaired) electrons. The maximum atomic E-state index is 7.41. The summed E-state index contributed by atoms with van der Waals surface area (Å²) in [6.07, 6.45) is 1.34. The first-order valence-electron chi connectivity index (χ1n) is 6.91. The number of rotatable bonds is 5. The van der Waals surface area contributed by atoms with Crippen LogP contribution in [0.3, 0.4) is 0 Å². The van der Waals surface area contributed by atoms with Crippen LogP contribution in [-0.4, -0.2) is 11.9 Å². The molecule has 2 aromatic carbocycles. The van der Waals surface area contributed by atoms with Crippen molar-refractivity contribution in [2.75, 3.05) is 5.43 Å². The van der Waals surface area contributed by atoms with Crippen molar-refractivity contribution >= 4 is 29.0 Å². The Labute approximate surface area is 133 Å². The zero-order valence-corrected chi connectivity index (χ0v) is 12.7. The normalized spacial score (nSPS) is 10.0. The van der Waals surface area contributed by atoms with Gasteiger partial charge in [-0.05, 0) is 11.4 Å². The third-order valence-corrected chi connectivity index (χ3v) is 4.07. The average Bonchev–Trinajstić information content (AvgIpc) is 3.05. The number of nitrogens with one attached hydrogen (secondary N) is 2. The van der Waals surface area contributed by atoms with Crippen LogP contribution in [-0.2, 0) is 0 Å². The summed E-state index contributed by atoms with van der Waals surface area (Å²) in [4.78, 5) is 0.865. The van der Waals surface area contributed by atoms with Gasteiger partial charge in [-0.2, -0.15) is 5.10 Å². The molecule has 0 amide bonds. The molecule has 0 atom stereocenters. The first-order valence-corrected chi connectivity index (χ1v) is 7.79. The van der Waals surface area contributed by atoms with E-state index in [-0.39, 0.29) is 0 Å². The van der Waals surface area contributed by atoms with E-state index in [4.69, 9.17) is 5.41 Å². The molecule has 3 rings (SSSR count). The number of anilines is 1. The van der Waals surface area contributed by atoms with Crippen LogP contribution >= 0.6 is 11.3 Å².